The molecule has 6 heteroatoms. The Labute approximate surface area is 148 Å². The Morgan fingerprint density at radius 1 is 1.38 bits per heavy atom. The van der Waals surface area contributed by atoms with Gasteiger partial charge in [0.05, 0.1) is 11.1 Å². The van der Waals surface area contributed by atoms with Crippen LogP contribution in [0.1, 0.15) is 44.2 Å². The third kappa shape index (κ3) is 3.06. The molecule has 3 fully saturated rings. The molecule has 132 valence electrons. The van der Waals surface area contributed by atoms with Gasteiger partial charge >= 0.3 is 0 Å². The summed E-state index contributed by atoms with van der Waals surface area (Å²) in [5.74, 6) is 0.805. The van der Waals surface area contributed by atoms with Crippen LogP contribution in [0.2, 0.25) is 0 Å². The molecule has 2 aliphatic heterocycles. The fourth-order valence-electron chi connectivity index (χ4n) is 4.64. The van der Waals surface area contributed by atoms with E-state index in [1.54, 1.807) is 11.3 Å². The molecule has 4 rings (SSSR count). The highest BCUT2D eigenvalue weighted by Gasteiger charge is 2.49. The quantitative estimate of drug-likeness (QED) is 0.856. The number of fused-ring (bicyclic) bond motifs is 1. The van der Waals surface area contributed by atoms with Gasteiger partial charge in [0.25, 0.3) is 0 Å². The van der Waals surface area contributed by atoms with Crippen LogP contribution in [0.25, 0.3) is 0 Å². The van der Waals surface area contributed by atoms with E-state index in [0.29, 0.717) is 12.5 Å². The predicted molar refractivity (Wildman–Crippen MR) is 97.5 cm³/mol. The summed E-state index contributed by atoms with van der Waals surface area (Å²) in [6.45, 7) is 4.86. The fraction of sp³-hybridized carbons (Fsp3) is 0.778. The monoisotopic (exact) mass is 348 g/mol. The van der Waals surface area contributed by atoms with Gasteiger partial charge in [-0.25, -0.2) is 4.98 Å². The van der Waals surface area contributed by atoms with Gasteiger partial charge in [-0.05, 0) is 38.1 Å². The van der Waals surface area contributed by atoms with Crippen LogP contribution in [0, 0.1) is 11.3 Å². The number of rotatable bonds is 5. The van der Waals surface area contributed by atoms with Crippen LogP contribution in [0.15, 0.2) is 5.38 Å². The molecule has 1 amide bonds. The van der Waals surface area contributed by atoms with Crippen LogP contribution in [-0.4, -0.2) is 43.6 Å². The van der Waals surface area contributed by atoms with Gasteiger partial charge in [-0.2, -0.15) is 0 Å². The summed E-state index contributed by atoms with van der Waals surface area (Å²) in [5, 5.41) is 9.97. The van der Waals surface area contributed by atoms with Crippen molar-refractivity contribution in [3.63, 3.8) is 0 Å². The second kappa shape index (κ2) is 7.00. The van der Waals surface area contributed by atoms with Crippen molar-refractivity contribution in [2.45, 2.75) is 44.9 Å². The van der Waals surface area contributed by atoms with Gasteiger partial charge in [0, 0.05) is 38.0 Å². The maximum Gasteiger partial charge on any atom is 0.227 e. The molecule has 0 radical (unpaired) electrons. The lowest BCUT2D eigenvalue weighted by atomic mass is 9.67. The van der Waals surface area contributed by atoms with E-state index in [2.05, 4.69) is 20.9 Å². The van der Waals surface area contributed by atoms with E-state index in [4.69, 9.17) is 4.98 Å². The lowest BCUT2D eigenvalue weighted by Gasteiger charge is -2.37. The van der Waals surface area contributed by atoms with Crippen LogP contribution >= 0.6 is 11.3 Å². The Balaban J connectivity index is 1.30. The number of nitrogens with zero attached hydrogens (tertiary/aromatic N) is 2. The largest absolute Gasteiger partial charge is 0.355 e. The first kappa shape index (κ1) is 16.3. The molecule has 3 aliphatic rings. The molecule has 0 unspecified atom stereocenters. The molecule has 1 saturated carbocycles. The summed E-state index contributed by atoms with van der Waals surface area (Å²) in [6.07, 6.45) is 8.11. The van der Waals surface area contributed by atoms with Crippen LogP contribution < -0.4 is 15.5 Å². The second-order valence-corrected chi connectivity index (χ2v) is 8.39. The highest BCUT2D eigenvalue weighted by Crippen LogP contribution is 2.43. The van der Waals surface area contributed by atoms with E-state index in [-0.39, 0.29) is 11.3 Å². The summed E-state index contributed by atoms with van der Waals surface area (Å²) >= 11 is 1.74. The van der Waals surface area contributed by atoms with E-state index in [1.807, 2.05) is 0 Å². The Kier molecular flexibility index (Phi) is 4.77. The van der Waals surface area contributed by atoms with Crippen molar-refractivity contribution in [2.24, 2.45) is 11.3 Å². The highest BCUT2D eigenvalue weighted by atomic mass is 32.1. The molecule has 5 nitrogen and oxygen atoms in total. The zero-order valence-electron chi connectivity index (χ0n) is 14.4. The van der Waals surface area contributed by atoms with Gasteiger partial charge in [-0.3, -0.25) is 4.79 Å². The number of carbonyl (C=O) groups excluding carboxylic acids is 1. The molecular formula is C18H28N4OS. The lowest BCUT2D eigenvalue weighted by molar-refractivity contribution is -0.133. The Morgan fingerprint density at radius 2 is 2.25 bits per heavy atom. The van der Waals surface area contributed by atoms with Gasteiger partial charge < -0.3 is 15.5 Å². The Morgan fingerprint density at radius 3 is 3.12 bits per heavy atom. The van der Waals surface area contributed by atoms with Gasteiger partial charge in [0.2, 0.25) is 5.91 Å². The van der Waals surface area contributed by atoms with E-state index >= 15 is 0 Å². The molecular weight excluding hydrogens is 320 g/mol. The predicted octanol–water partition coefficient (Wildman–Crippen LogP) is 2.18. The Hall–Kier alpha value is -1.14. The third-order valence-electron chi connectivity index (χ3n) is 6.07. The first-order valence-electron chi connectivity index (χ1n) is 9.46. The first-order chi connectivity index (χ1) is 11.8. The lowest BCUT2D eigenvalue weighted by Crippen LogP contribution is -2.48. The van der Waals surface area contributed by atoms with Crippen LogP contribution in [0.3, 0.4) is 0 Å². The average Bonchev–Trinajstić information content (AvgIpc) is 3.34. The number of aromatic nitrogens is 1. The molecule has 0 bridgehead atoms. The minimum absolute atomic E-state index is 0.138. The SMILES string of the molecule is O=C(NCCc1csc(N2CCCC2)n1)[C@@]12CCCC[C@H]1CNC2. The van der Waals surface area contributed by atoms with Crippen molar-refractivity contribution in [1.82, 2.24) is 15.6 Å². The minimum atomic E-state index is -0.138. The maximum absolute atomic E-state index is 12.8. The van der Waals surface area contributed by atoms with E-state index in [0.717, 1.165) is 49.8 Å². The number of nitrogens with one attached hydrogen (secondary N) is 2. The number of carbonyl (C=O) groups is 1. The zero-order chi connectivity index (χ0) is 16.4. The van der Waals surface area contributed by atoms with E-state index in [9.17, 15) is 4.79 Å². The molecule has 1 aliphatic carbocycles. The molecule has 2 N–H and O–H groups in total. The molecule has 1 aromatic rings. The number of hydrogen-bond acceptors (Lipinski definition) is 5. The molecule has 2 atom stereocenters. The summed E-state index contributed by atoms with van der Waals surface area (Å²) in [4.78, 5) is 20.0. The van der Waals surface area contributed by atoms with Crippen molar-refractivity contribution in [2.75, 3.05) is 37.6 Å². The minimum Gasteiger partial charge on any atom is -0.355 e. The van der Waals surface area contributed by atoms with Gasteiger partial charge in [-0.15, -0.1) is 11.3 Å². The highest BCUT2D eigenvalue weighted by molar-refractivity contribution is 7.13. The summed E-state index contributed by atoms with van der Waals surface area (Å²) in [7, 11) is 0. The van der Waals surface area contributed by atoms with Crippen molar-refractivity contribution in [3.8, 4) is 0 Å². The standard InChI is InChI=1S/C18H28N4OS/c23-16(18-7-2-1-5-14(18)11-19-13-18)20-8-6-15-12-24-17(21-15)22-9-3-4-10-22/h12,14,19H,1-11,13H2,(H,20,23)/t14-,18+/m0/s1. The average molecular weight is 349 g/mol. The number of hydrogen-bond donors (Lipinski definition) is 2. The van der Waals surface area contributed by atoms with Crippen molar-refractivity contribution >= 4 is 22.4 Å². The molecule has 24 heavy (non-hydrogen) atoms. The van der Waals surface area contributed by atoms with Crippen molar-refractivity contribution in [1.29, 1.82) is 0 Å². The number of anilines is 1. The van der Waals surface area contributed by atoms with Crippen molar-refractivity contribution < 1.29 is 4.79 Å². The van der Waals surface area contributed by atoms with Gasteiger partial charge in [-0.1, -0.05) is 12.8 Å². The number of amides is 1. The van der Waals surface area contributed by atoms with Crippen LogP contribution in [-0.2, 0) is 11.2 Å². The molecule has 1 aromatic heterocycles. The second-order valence-electron chi connectivity index (χ2n) is 7.55. The van der Waals surface area contributed by atoms with Gasteiger partial charge in [0.15, 0.2) is 5.13 Å². The molecule has 3 heterocycles. The Bertz CT molecular complexity index is 583. The van der Waals surface area contributed by atoms with Crippen molar-refractivity contribution in [3.05, 3.63) is 11.1 Å². The van der Waals surface area contributed by atoms with Crippen LogP contribution in [0.4, 0.5) is 5.13 Å². The molecule has 2 saturated heterocycles. The van der Waals surface area contributed by atoms with E-state index < -0.39 is 0 Å². The number of thiazole rings is 1. The molecule has 0 spiro atoms. The zero-order valence-corrected chi connectivity index (χ0v) is 15.2. The first-order valence-corrected chi connectivity index (χ1v) is 10.3. The summed E-state index contributed by atoms with van der Waals surface area (Å²) in [5.41, 5.74) is 0.977. The fourth-order valence-corrected chi connectivity index (χ4v) is 5.55. The topological polar surface area (TPSA) is 57.3 Å². The third-order valence-corrected chi connectivity index (χ3v) is 7.02. The summed E-state index contributed by atoms with van der Waals surface area (Å²) in [6, 6.07) is 0. The van der Waals surface area contributed by atoms with E-state index in [1.165, 1.54) is 32.1 Å². The van der Waals surface area contributed by atoms with Gasteiger partial charge in [0.1, 0.15) is 0 Å². The maximum atomic E-state index is 12.8. The smallest absolute Gasteiger partial charge is 0.227 e. The molecule has 0 aromatic carbocycles. The van der Waals surface area contributed by atoms with Crippen LogP contribution in [0.5, 0.6) is 0 Å². The normalized spacial score (nSPS) is 29.7. The summed E-state index contributed by atoms with van der Waals surface area (Å²) < 4.78 is 0.